The van der Waals surface area contributed by atoms with Crippen LogP contribution in [-0.4, -0.2) is 11.4 Å². The summed E-state index contributed by atoms with van der Waals surface area (Å²) in [5, 5.41) is 10.3. The number of fused-ring (bicyclic) bond motifs is 1. The first kappa shape index (κ1) is 13.5. The third-order valence-electron chi connectivity index (χ3n) is 3.72. The molecule has 20 heavy (non-hydrogen) atoms. The average molecular weight is 286 g/mol. The van der Waals surface area contributed by atoms with Gasteiger partial charge < -0.3 is 9.84 Å². The highest BCUT2D eigenvalue weighted by Crippen LogP contribution is 2.41. The fourth-order valence-electron chi connectivity index (χ4n) is 2.59. The highest BCUT2D eigenvalue weighted by molar-refractivity contribution is 7.98. The van der Waals surface area contributed by atoms with Crippen LogP contribution in [-0.2, 0) is 0 Å². The molecular formula is C17H18O2S. The van der Waals surface area contributed by atoms with Gasteiger partial charge in [0.25, 0.3) is 0 Å². The molecule has 0 radical (unpaired) electrons. The number of aliphatic hydroxyl groups excluding tert-OH is 1. The first-order chi connectivity index (χ1) is 9.67. The van der Waals surface area contributed by atoms with E-state index in [0.717, 1.165) is 22.4 Å². The third kappa shape index (κ3) is 2.56. The Bertz CT molecular complexity index is 607. The Balaban J connectivity index is 1.88. The second-order valence-electron chi connectivity index (χ2n) is 5.17. The Kier molecular flexibility index (Phi) is 3.72. The molecule has 0 aliphatic carbocycles. The molecule has 2 aromatic rings. The first-order valence-electron chi connectivity index (χ1n) is 6.76. The lowest BCUT2D eigenvalue weighted by Gasteiger charge is -2.30. The van der Waals surface area contributed by atoms with Crippen molar-refractivity contribution >= 4 is 11.8 Å². The number of aliphatic hydroxyl groups is 1. The molecule has 104 valence electrons. The van der Waals surface area contributed by atoms with E-state index < -0.39 is 6.10 Å². The lowest BCUT2D eigenvalue weighted by atomic mass is 9.94. The van der Waals surface area contributed by atoms with Gasteiger partial charge in [0.05, 0.1) is 6.10 Å². The van der Waals surface area contributed by atoms with Crippen LogP contribution in [0.2, 0.25) is 0 Å². The van der Waals surface area contributed by atoms with E-state index in [1.54, 1.807) is 11.8 Å². The van der Waals surface area contributed by atoms with Gasteiger partial charge in [-0.1, -0.05) is 23.8 Å². The summed E-state index contributed by atoms with van der Waals surface area (Å²) in [5.41, 5.74) is 3.17. The number of rotatable bonds is 2. The Morgan fingerprint density at radius 3 is 2.60 bits per heavy atom. The molecule has 1 N–H and O–H groups in total. The van der Waals surface area contributed by atoms with Gasteiger partial charge in [-0.3, -0.25) is 0 Å². The largest absolute Gasteiger partial charge is 0.485 e. The topological polar surface area (TPSA) is 29.5 Å². The summed E-state index contributed by atoms with van der Waals surface area (Å²) in [6.45, 7) is 2.03. The van der Waals surface area contributed by atoms with Crippen LogP contribution in [0.3, 0.4) is 0 Å². The molecule has 2 atom stereocenters. The fourth-order valence-corrected chi connectivity index (χ4v) is 3.00. The lowest BCUT2D eigenvalue weighted by molar-refractivity contribution is 0.0656. The van der Waals surface area contributed by atoms with Gasteiger partial charge in [0, 0.05) is 16.9 Å². The summed E-state index contributed by atoms with van der Waals surface area (Å²) in [4.78, 5) is 1.24. The van der Waals surface area contributed by atoms with E-state index >= 15 is 0 Å². The van der Waals surface area contributed by atoms with E-state index in [2.05, 4.69) is 30.5 Å². The minimum atomic E-state index is -0.455. The van der Waals surface area contributed by atoms with Crippen molar-refractivity contribution in [3.63, 3.8) is 0 Å². The second kappa shape index (κ2) is 5.51. The van der Waals surface area contributed by atoms with E-state index in [1.807, 2.05) is 25.1 Å². The van der Waals surface area contributed by atoms with Gasteiger partial charge in [-0.25, -0.2) is 0 Å². The number of aryl methyl sites for hydroxylation is 1. The minimum Gasteiger partial charge on any atom is -0.485 e. The van der Waals surface area contributed by atoms with Crippen molar-refractivity contribution in [1.82, 2.24) is 0 Å². The van der Waals surface area contributed by atoms with Crippen molar-refractivity contribution < 1.29 is 9.84 Å². The molecule has 1 heterocycles. The van der Waals surface area contributed by atoms with E-state index in [-0.39, 0.29) is 6.10 Å². The molecule has 2 aromatic carbocycles. The van der Waals surface area contributed by atoms with Crippen LogP contribution in [0, 0.1) is 6.92 Å². The van der Waals surface area contributed by atoms with Crippen molar-refractivity contribution in [2.75, 3.05) is 6.26 Å². The van der Waals surface area contributed by atoms with Crippen molar-refractivity contribution in [2.45, 2.75) is 30.4 Å². The Labute approximate surface area is 123 Å². The molecule has 0 saturated heterocycles. The van der Waals surface area contributed by atoms with Gasteiger partial charge in [-0.05, 0) is 43.0 Å². The smallest absolute Gasteiger partial charge is 0.127 e. The molecule has 3 rings (SSSR count). The molecule has 1 aliphatic rings. The molecule has 0 fully saturated rings. The summed E-state index contributed by atoms with van der Waals surface area (Å²) in [6.07, 6.45) is 2.14. The predicted molar refractivity (Wildman–Crippen MR) is 82.3 cm³/mol. The van der Waals surface area contributed by atoms with Gasteiger partial charge >= 0.3 is 0 Å². The molecule has 2 nitrogen and oxygen atoms in total. The van der Waals surface area contributed by atoms with Gasteiger partial charge in [-0.2, -0.15) is 0 Å². The zero-order valence-electron chi connectivity index (χ0n) is 11.7. The number of hydrogen-bond acceptors (Lipinski definition) is 3. The van der Waals surface area contributed by atoms with E-state index in [1.165, 1.54) is 4.90 Å². The minimum absolute atomic E-state index is 0.0730. The zero-order valence-corrected chi connectivity index (χ0v) is 12.5. The summed E-state index contributed by atoms with van der Waals surface area (Å²) in [5.74, 6) is 0.799. The van der Waals surface area contributed by atoms with Crippen LogP contribution >= 0.6 is 11.8 Å². The first-order valence-corrected chi connectivity index (χ1v) is 7.99. The molecule has 0 amide bonds. The van der Waals surface area contributed by atoms with Crippen LogP contribution in [0.1, 0.15) is 35.3 Å². The van der Waals surface area contributed by atoms with Gasteiger partial charge in [-0.15, -0.1) is 11.8 Å². The van der Waals surface area contributed by atoms with Crippen molar-refractivity contribution in [3.8, 4) is 5.75 Å². The fraction of sp³-hybridized carbons (Fsp3) is 0.294. The van der Waals surface area contributed by atoms with E-state index in [9.17, 15) is 5.11 Å². The molecule has 0 spiro atoms. The number of ether oxygens (including phenoxy) is 1. The third-order valence-corrected chi connectivity index (χ3v) is 4.46. The normalized spacial score (nSPS) is 21.1. The van der Waals surface area contributed by atoms with Crippen molar-refractivity contribution in [3.05, 3.63) is 59.2 Å². The average Bonchev–Trinajstić information content (AvgIpc) is 2.48. The molecular weight excluding hydrogens is 268 g/mol. The summed E-state index contributed by atoms with van der Waals surface area (Å²) in [6, 6.07) is 14.3. The summed E-state index contributed by atoms with van der Waals surface area (Å²) < 4.78 is 6.05. The highest BCUT2D eigenvalue weighted by atomic mass is 32.2. The van der Waals surface area contributed by atoms with Crippen LogP contribution in [0.25, 0.3) is 0 Å². The van der Waals surface area contributed by atoms with Crippen molar-refractivity contribution in [2.24, 2.45) is 0 Å². The van der Waals surface area contributed by atoms with Gasteiger partial charge in [0.2, 0.25) is 0 Å². The number of thioether (sulfide) groups is 1. The Hall–Kier alpha value is -1.45. The van der Waals surface area contributed by atoms with Gasteiger partial charge in [0.1, 0.15) is 11.9 Å². The van der Waals surface area contributed by atoms with E-state index in [4.69, 9.17) is 4.74 Å². The Morgan fingerprint density at radius 1 is 1.15 bits per heavy atom. The van der Waals surface area contributed by atoms with Crippen LogP contribution in [0.5, 0.6) is 5.75 Å². The SMILES string of the molecule is CSc1ccc(C2C[C@H](O)c3cc(C)ccc3O2)cc1. The molecule has 1 unspecified atom stereocenters. The lowest BCUT2D eigenvalue weighted by Crippen LogP contribution is -2.19. The molecule has 0 aromatic heterocycles. The highest BCUT2D eigenvalue weighted by Gasteiger charge is 2.27. The molecule has 0 bridgehead atoms. The predicted octanol–water partition coefficient (Wildman–Crippen LogP) is 4.27. The number of hydrogen-bond donors (Lipinski definition) is 1. The molecule has 3 heteroatoms. The maximum absolute atomic E-state index is 10.3. The zero-order chi connectivity index (χ0) is 14.1. The van der Waals surface area contributed by atoms with Crippen LogP contribution in [0.15, 0.2) is 47.4 Å². The monoisotopic (exact) mass is 286 g/mol. The summed E-state index contributed by atoms with van der Waals surface area (Å²) >= 11 is 1.72. The standard InChI is InChI=1S/C17H18O2S/c1-11-3-8-16-14(9-11)15(18)10-17(19-16)12-4-6-13(20-2)7-5-12/h3-9,15,17-18H,10H2,1-2H3/t15-,17?/m0/s1. The maximum atomic E-state index is 10.3. The quantitative estimate of drug-likeness (QED) is 0.836. The van der Waals surface area contributed by atoms with Gasteiger partial charge in [0.15, 0.2) is 0 Å². The molecule has 1 aliphatic heterocycles. The molecule has 0 saturated carbocycles. The number of benzene rings is 2. The maximum Gasteiger partial charge on any atom is 0.127 e. The second-order valence-corrected chi connectivity index (χ2v) is 6.05. The Morgan fingerprint density at radius 2 is 1.90 bits per heavy atom. The van der Waals surface area contributed by atoms with E-state index in [0.29, 0.717) is 6.42 Å². The van der Waals surface area contributed by atoms with Crippen molar-refractivity contribution in [1.29, 1.82) is 0 Å². The van der Waals surface area contributed by atoms with Crippen LogP contribution < -0.4 is 4.74 Å². The van der Waals surface area contributed by atoms with Crippen LogP contribution in [0.4, 0.5) is 0 Å². The summed E-state index contributed by atoms with van der Waals surface area (Å²) in [7, 11) is 0.